The molecule has 0 spiro atoms. The topological polar surface area (TPSA) is 58.3 Å². The molecule has 0 aliphatic carbocycles. The highest BCUT2D eigenvalue weighted by Crippen LogP contribution is 2.23. The molecule has 0 aromatic carbocycles. The third-order valence-corrected chi connectivity index (χ3v) is 4.52. The summed E-state index contributed by atoms with van der Waals surface area (Å²) in [4.78, 5) is 3.95. The molecular weight excluding hydrogens is 276 g/mol. The van der Waals surface area contributed by atoms with E-state index in [9.17, 15) is 10.2 Å². The van der Waals surface area contributed by atoms with Gasteiger partial charge in [-0.05, 0) is 25.2 Å². The molecule has 22 heavy (non-hydrogen) atoms. The van der Waals surface area contributed by atoms with E-state index in [1.807, 2.05) is 0 Å². The molecule has 1 aromatic heterocycles. The minimum absolute atomic E-state index is 0.386. The van der Waals surface area contributed by atoms with Gasteiger partial charge in [0.15, 0.2) is 0 Å². The van der Waals surface area contributed by atoms with Crippen LogP contribution in [0.5, 0.6) is 0 Å². The first-order chi connectivity index (χ1) is 10.3. The fourth-order valence-electron chi connectivity index (χ4n) is 2.79. The van der Waals surface area contributed by atoms with Gasteiger partial charge >= 0.3 is 0 Å². The number of nitrogens with zero attached hydrogens (tertiary/aromatic N) is 2. The Hall–Kier alpha value is -0.870. The van der Waals surface area contributed by atoms with Gasteiger partial charge in [0.2, 0.25) is 0 Å². The van der Waals surface area contributed by atoms with E-state index >= 15 is 0 Å². The zero-order valence-corrected chi connectivity index (χ0v) is 14.7. The molecule has 4 heteroatoms. The van der Waals surface area contributed by atoms with E-state index in [0.29, 0.717) is 18.9 Å². The van der Waals surface area contributed by atoms with E-state index in [4.69, 9.17) is 0 Å². The van der Waals surface area contributed by atoms with Gasteiger partial charge in [-0.1, -0.05) is 52.9 Å². The highest BCUT2D eigenvalue weighted by molar-refractivity contribution is 4.85. The normalized spacial score (nSPS) is 17.4. The van der Waals surface area contributed by atoms with Crippen LogP contribution in [0, 0.1) is 11.8 Å². The van der Waals surface area contributed by atoms with E-state index in [2.05, 4.69) is 25.8 Å². The number of aliphatic hydroxyl groups is 2. The van der Waals surface area contributed by atoms with Crippen LogP contribution in [0.4, 0.5) is 0 Å². The summed E-state index contributed by atoms with van der Waals surface area (Å²) in [6.45, 7) is 8.94. The van der Waals surface area contributed by atoms with Crippen molar-refractivity contribution in [3.05, 3.63) is 18.7 Å². The molecule has 0 radical (unpaired) electrons. The third-order valence-electron chi connectivity index (χ3n) is 4.52. The van der Waals surface area contributed by atoms with Gasteiger partial charge in [-0.3, -0.25) is 0 Å². The van der Waals surface area contributed by atoms with Gasteiger partial charge in [-0.15, -0.1) is 0 Å². The average molecular weight is 310 g/mol. The van der Waals surface area contributed by atoms with Crippen LogP contribution in [0.1, 0.15) is 66.2 Å². The van der Waals surface area contributed by atoms with E-state index in [0.717, 1.165) is 18.8 Å². The van der Waals surface area contributed by atoms with Gasteiger partial charge in [0.05, 0.1) is 18.5 Å². The zero-order chi connectivity index (χ0) is 16.6. The van der Waals surface area contributed by atoms with Crippen LogP contribution in [0.25, 0.3) is 0 Å². The Morgan fingerprint density at radius 1 is 1.14 bits per heavy atom. The summed E-state index contributed by atoms with van der Waals surface area (Å²) in [7, 11) is 0. The molecule has 1 rings (SSSR count). The summed E-state index contributed by atoms with van der Waals surface area (Å²) in [5, 5.41) is 20.7. The van der Waals surface area contributed by atoms with Crippen LogP contribution in [0.3, 0.4) is 0 Å². The summed E-state index contributed by atoms with van der Waals surface area (Å²) in [6, 6.07) is 0. The Balaban J connectivity index is 2.23. The lowest BCUT2D eigenvalue weighted by molar-refractivity contribution is -0.0752. The highest BCUT2D eigenvalue weighted by Gasteiger charge is 2.30. The maximum absolute atomic E-state index is 10.5. The fourth-order valence-corrected chi connectivity index (χ4v) is 2.79. The predicted molar refractivity (Wildman–Crippen MR) is 90.6 cm³/mol. The number of aliphatic hydroxyl groups excluding tert-OH is 1. The molecule has 0 saturated heterocycles. The fraction of sp³-hybridized carbons (Fsp3) is 0.833. The van der Waals surface area contributed by atoms with Gasteiger partial charge in [0, 0.05) is 12.4 Å². The van der Waals surface area contributed by atoms with Crippen molar-refractivity contribution in [3.8, 4) is 0 Å². The second-order valence-corrected chi connectivity index (χ2v) is 7.45. The first-order valence-electron chi connectivity index (χ1n) is 8.67. The van der Waals surface area contributed by atoms with Crippen molar-refractivity contribution in [1.29, 1.82) is 0 Å². The van der Waals surface area contributed by atoms with E-state index < -0.39 is 11.7 Å². The molecule has 1 unspecified atom stereocenters. The number of hydrogen-bond acceptors (Lipinski definition) is 3. The predicted octanol–water partition coefficient (Wildman–Crippen LogP) is 3.63. The van der Waals surface area contributed by atoms with Crippen molar-refractivity contribution in [1.82, 2.24) is 9.55 Å². The number of hydrogen-bond donors (Lipinski definition) is 2. The second-order valence-electron chi connectivity index (χ2n) is 7.45. The first-order valence-corrected chi connectivity index (χ1v) is 8.67. The molecule has 0 amide bonds. The summed E-state index contributed by atoms with van der Waals surface area (Å²) in [5.41, 5.74) is -1.04. The van der Waals surface area contributed by atoms with Crippen molar-refractivity contribution in [3.63, 3.8) is 0 Å². The van der Waals surface area contributed by atoms with Crippen LogP contribution in [-0.4, -0.2) is 31.5 Å². The largest absolute Gasteiger partial charge is 0.388 e. The highest BCUT2D eigenvalue weighted by atomic mass is 16.3. The third kappa shape index (κ3) is 7.41. The molecule has 0 bridgehead atoms. The zero-order valence-electron chi connectivity index (χ0n) is 14.7. The number of rotatable bonds is 11. The molecule has 0 aliphatic heterocycles. The molecule has 2 N–H and O–H groups in total. The van der Waals surface area contributed by atoms with Crippen LogP contribution < -0.4 is 0 Å². The van der Waals surface area contributed by atoms with Gasteiger partial charge in [0.1, 0.15) is 6.10 Å². The van der Waals surface area contributed by atoms with Crippen LogP contribution in [0.2, 0.25) is 0 Å². The maximum Gasteiger partial charge on any atom is 0.100 e. The summed E-state index contributed by atoms with van der Waals surface area (Å²) < 4.78 is 1.80. The molecular formula is C18H34N2O2. The Morgan fingerprint density at radius 2 is 1.82 bits per heavy atom. The molecule has 4 nitrogen and oxygen atoms in total. The Labute approximate surface area is 135 Å². The molecule has 128 valence electrons. The van der Waals surface area contributed by atoms with Gasteiger partial charge in [-0.25, -0.2) is 4.98 Å². The van der Waals surface area contributed by atoms with E-state index in [-0.39, 0.29) is 0 Å². The Kier molecular flexibility index (Phi) is 8.12. The van der Waals surface area contributed by atoms with Gasteiger partial charge < -0.3 is 14.8 Å². The first kappa shape index (κ1) is 19.2. The Bertz CT molecular complexity index is 388. The number of imidazole rings is 1. The molecule has 1 aromatic rings. The minimum atomic E-state index is -1.04. The van der Waals surface area contributed by atoms with Crippen LogP contribution >= 0.6 is 0 Å². The average Bonchev–Trinajstić information content (AvgIpc) is 2.90. The maximum atomic E-state index is 10.5. The minimum Gasteiger partial charge on any atom is -0.388 e. The summed E-state index contributed by atoms with van der Waals surface area (Å²) in [6.07, 6.45) is 10.9. The lowest BCUT2D eigenvalue weighted by Gasteiger charge is -2.29. The summed E-state index contributed by atoms with van der Waals surface area (Å²) >= 11 is 0. The molecule has 1 heterocycles. The lowest BCUT2D eigenvalue weighted by atomic mass is 9.89. The van der Waals surface area contributed by atoms with Crippen LogP contribution in [-0.2, 0) is 6.54 Å². The molecule has 0 fully saturated rings. The SMILES string of the molecule is CC(C)CCCC(C)CCC[C@@](C)(O)[C@H](O)Cn1ccnc1. The van der Waals surface area contributed by atoms with Crippen molar-refractivity contribution >= 4 is 0 Å². The Morgan fingerprint density at radius 3 is 2.41 bits per heavy atom. The van der Waals surface area contributed by atoms with Crippen molar-refractivity contribution in [2.45, 2.75) is 84.5 Å². The standard InChI is InChI=1S/C18H34N2O2/c1-15(2)7-5-8-16(3)9-6-10-18(4,22)17(21)13-20-12-11-19-14-20/h11-12,14-17,21-22H,5-10,13H2,1-4H3/t16?,17-,18-/m1/s1. The monoisotopic (exact) mass is 310 g/mol. The molecule has 3 atom stereocenters. The van der Waals surface area contributed by atoms with Crippen molar-refractivity contribution < 1.29 is 10.2 Å². The van der Waals surface area contributed by atoms with Gasteiger partial charge in [-0.2, -0.15) is 0 Å². The summed E-state index contributed by atoms with van der Waals surface area (Å²) in [5.74, 6) is 1.48. The van der Waals surface area contributed by atoms with Crippen LogP contribution in [0.15, 0.2) is 18.7 Å². The van der Waals surface area contributed by atoms with Gasteiger partial charge in [0.25, 0.3) is 0 Å². The molecule has 0 aliphatic rings. The lowest BCUT2D eigenvalue weighted by Crippen LogP contribution is -2.41. The second kappa shape index (κ2) is 9.31. The van der Waals surface area contributed by atoms with Crippen molar-refractivity contribution in [2.75, 3.05) is 0 Å². The number of aromatic nitrogens is 2. The van der Waals surface area contributed by atoms with Crippen molar-refractivity contribution in [2.24, 2.45) is 11.8 Å². The van der Waals surface area contributed by atoms with E-state index in [1.54, 1.807) is 30.2 Å². The van der Waals surface area contributed by atoms with E-state index in [1.165, 1.54) is 19.3 Å². The molecule has 0 saturated carbocycles. The smallest absolute Gasteiger partial charge is 0.100 e. The quantitative estimate of drug-likeness (QED) is 0.656.